The second-order valence-corrected chi connectivity index (χ2v) is 5.21. The van der Waals surface area contributed by atoms with Crippen LogP contribution < -0.4 is 4.74 Å². The van der Waals surface area contributed by atoms with Crippen LogP contribution in [-0.2, 0) is 0 Å². The zero-order valence-electron chi connectivity index (χ0n) is 9.10. The van der Waals surface area contributed by atoms with Gasteiger partial charge in [-0.1, -0.05) is 15.9 Å². The summed E-state index contributed by atoms with van der Waals surface area (Å²) in [5.41, 5.74) is 0. The van der Waals surface area contributed by atoms with E-state index in [9.17, 15) is 5.11 Å². The fourth-order valence-electron chi connectivity index (χ4n) is 1.98. The normalized spacial score (nSPS) is 25.4. The van der Waals surface area contributed by atoms with E-state index in [4.69, 9.17) is 4.74 Å². The first-order valence-electron chi connectivity index (χ1n) is 5.66. The van der Waals surface area contributed by atoms with Crippen LogP contribution in [0, 0.1) is 5.92 Å². The maximum absolute atomic E-state index is 9.39. The monoisotopic (exact) mass is 285 g/mol. The van der Waals surface area contributed by atoms with Gasteiger partial charge < -0.3 is 9.84 Å². The molecule has 0 bridgehead atoms. The van der Waals surface area contributed by atoms with Gasteiger partial charge in [-0.2, -0.15) is 0 Å². The largest absolute Gasteiger partial charge is 0.477 e. The minimum absolute atomic E-state index is 0.0970. The molecule has 0 saturated heterocycles. The lowest BCUT2D eigenvalue weighted by Crippen LogP contribution is -2.22. The zero-order chi connectivity index (χ0) is 11.4. The van der Waals surface area contributed by atoms with Crippen molar-refractivity contribution in [1.82, 2.24) is 4.98 Å². The summed E-state index contributed by atoms with van der Waals surface area (Å²) in [5, 5.41) is 9.39. The van der Waals surface area contributed by atoms with Gasteiger partial charge >= 0.3 is 0 Å². The molecule has 0 radical (unpaired) electrons. The van der Waals surface area contributed by atoms with Crippen molar-refractivity contribution in [2.24, 2.45) is 5.92 Å². The Morgan fingerprint density at radius 3 is 2.81 bits per heavy atom. The molecule has 0 aliphatic heterocycles. The molecule has 0 aromatic carbocycles. The molecular weight excluding hydrogens is 270 g/mol. The first-order valence-corrected chi connectivity index (χ1v) is 6.46. The second kappa shape index (κ2) is 5.64. The molecular formula is C12H16BrNO2. The van der Waals surface area contributed by atoms with Crippen molar-refractivity contribution < 1.29 is 9.84 Å². The van der Waals surface area contributed by atoms with E-state index >= 15 is 0 Å². The van der Waals surface area contributed by atoms with E-state index in [2.05, 4.69) is 20.9 Å². The molecule has 0 atom stereocenters. The maximum Gasteiger partial charge on any atom is 0.214 e. The topological polar surface area (TPSA) is 42.4 Å². The van der Waals surface area contributed by atoms with Crippen molar-refractivity contribution in [3.05, 3.63) is 22.8 Å². The van der Waals surface area contributed by atoms with Gasteiger partial charge in [-0.25, -0.2) is 4.98 Å². The highest BCUT2D eigenvalue weighted by Crippen LogP contribution is 2.25. The summed E-state index contributed by atoms with van der Waals surface area (Å²) in [6, 6.07) is 3.75. The third kappa shape index (κ3) is 3.46. The Labute approximate surface area is 104 Å². The third-order valence-electron chi connectivity index (χ3n) is 2.98. The van der Waals surface area contributed by atoms with Crippen molar-refractivity contribution in [2.75, 3.05) is 6.61 Å². The Hall–Kier alpha value is -0.610. The molecule has 16 heavy (non-hydrogen) atoms. The Morgan fingerprint density at radius 2 is 2.12 bits per heavy atom. The Bertz CT molecular complexity index is 338. The number of aliphatic hydroxyl groups excluding tert-OH is 1. The van der Waals surface area contributed by atoms with E-state index in [1.54, 1.807) is 6.20 Å². The van der Waals surface area contributed by atoms with Gasteiger partial charge in [0.1, 0.15) is 0 Å². The Morgan fingerprint density at radius 1 is 1.38 bits per heavy atom. The standard InChI is InChI=1S/C12H16BrNO2/c13-10-5-6-14-12(7-10)16-8-9-1-3-11(15)4-2-9/h5-7,9,11,15H,1-4,8H2. The van der Waals surface area contributed by atoms with E-state index in [1.165, 1.54) is 0 Å². The lowest BCUT2D eigenvalue weighted by molar-refractivity contribution is 0.0908. The lowest BCUT2D eigenvalue weighted by atomic mass is 9.88. The smallest absolute Gasteiger partial charge is 0.214 e. The number of hydrogen-bond donors (Lipinski definition) is 1. The summed E-state index contributed by atoms with van der Waals surface area (Å²) in [6.07, 6.45) is 5.54. The highest BCUT2D eigenvalue weighted by Gasteiger charge is 2.19. The second-order valence-electron chi connectivity index (χ2n) is 4.30. The van der Waals surface area contributed by atoms with Crippen molar-refractivity contribution in [1.29, 1.82) is 0 Å². The fraction of sp³-hybridized carbons (Fsp3) is 0.583. The first-order chi connectivity index (χ1) is 7.74. The molecule has 1 saturated carbocycles. The number of hydrogen-bond acceptors (Lipinski definition) is 3. The number of halogens is 1. The van der Waals surface area contributed by atoms with Gasteiger partial charge in [0.15, 0.2) is 0 Å². The molecule has 1 heterocycles. The van der Waals surface area contributed by atoms with Gasteiger partial charge in [0.25, 0.3) is 0 Å². The predicted molar refractivity (Wildman–Crippen MR) is 65.4 cm³/mol. The minimum atomic E-state index is -0.0970. The van der Waals surface area contributed by atoms with Gasteiger partial charge in [-0.15, -0.1) is 0 Å². The van der Waals surface area contributed by atoms with Crippen LogP contribution in [0.25, 0.3) is 0 Å². The van der Waals surface area contributed by atoms with Gasteiger partial charge in [0.2, 0.25) is 5.88 Å². The van der Waals surface area contributed by atoms with Crippen LogP contribution in [0.2, 0.25) is 0 Å². The molecule has 0 unspecified atom stereocenters. The van der Waals surface area contributed by atoms with Gasteiger partial charge in [-0.3, -0.25) is 0 Å². The van der Waals surface area contributed by atoms with E-state index in [1.807, 2.05) is 12.1 Å². The van der Waals surface area contributed by atoms with E-state index < -0.39 is 0 Å². The van der Waals surface area contributed by atoms with Crippen LogP contribution >= 0.6 is 15.9 Å². The number of pyridine rings is 1. The van der Waals surface area contributed by atoms with Gasteiger partial charge in [0.05, 0.1) is 12.7 Å². The zero-order valence-corrected chi connectivity index (χ0v) is 10.7. The summed E-state index contributed by atoms with van der Waals surface area (Å²) in [6.45, 7) is 0.705. The average Bonchev–Trinajstić information content (AvgIpc) is 2.28. The molecule has 88 valence electrons. The lowest BCUT2D eigenvalue weighted by Gasteiger charge is -2.24. The third-order valence-corrected chi connectivity index (χ3v) is 3.47. The summed E-state index contributed by atoms with van der Waals surface area (Å²) >= 11 is 3.38. The van der Waals surface area contributed by atoms with Crippen LogP contribution in [0.4, 0.5) is 0 Å². The van der Waals surface area contributed by atoms with Crippen LogP contribution in [0.5, 0.6) is 5.88 Å². The summed E-state index contributed by atoms with van der Waals surface area (Å²) in [5.74, 6) is 1.23. The van der Waals surface area contributed by atoms with E-state index in [0.29, 0.717) is 18.4 Å². The Balaban J connectivity index is 1.79. The van der Waals surface area contributed by atoms with E-state index in [-0.39, 0.29) is 6.10 Å². The number of rotatable bonds is 3. The molecule has 1 aromatic heterocycles. The quantitative estimate of drug-likeness (QED) is 0.929. The van der Waals surface area contributed by atoms with Gasteiger partial charge in [-0.05, 0) is 37.7 Å². The van der Waals surface area contributed by atoms with Crippen molar-refractivity contribution in [2.45, 2.75) is 31.8 Å². The highest BCUT2D eigenvalue weighted by atomic mass is 79.9. The summed E-state index contributed by atoms with van der Waals surface area (Å²) in [4.78, 5) is 4.14. The number of aromatic nitrogens is 1. The fourth-order valence-corrected chi connectivity index (χ4v) is 2.29. The van der Waals surface area contributed by atoms with Crippen molar-refractivity contribution in [3.63, 3.8) is 0 Å². The molecule has 4 heteroatoms. The van der Waals surface area contributed by atoms with Crippen molar-refractivity contribution in [3.8, 4) is 5.88 Å². The molecule has 0 spiro atoms. The minimum Gasteiger partial charge on any atom is -0.477 e. The molecule has 1 aliphatic rings. The predicted octanol–water partition coefficient (Wildman–Crippen LogP) is 2.77. The number of aliphatic hydroxyl groups is 1. The molecule has 0 amide bonds. The van der Waals surface area contributed by atoms with Crippen molar-refractivity contribution >= 4 is 15.9 Å². The molecule has 2 rings (SSSR count). The van der Waals surface area contributed by atoms with Crippen LogP contribution in [0.3, 0.4) is 0 Å². The average molecular weight is 286 g/mol. The molecule has 1 aliphatic carbocycles. The highest BCUT2D eigenvalue weighted by molar-refractivity contribution is 9.10. The molecule has 1 N–H and O–H groups in total. The van der Waals surface area contributed by atoms with Crippen LogP contribution in [0.15, 0.2) is 22.8 Å². The van der Waals surface area contributed by atoms with Crippen LogP contribution in [-0.4, -0.2) is 22.8 Å². The SMILES string of the molecule is OC1CCC(COc2cc(Br)ccn2)CC1. The first kappa shape index (κ1) is 11.9. The maximum atomic E-state index is 9.39. The van der Waals surface area contributed by atoms with E-state index in [0.717, 1.165) is 30.2 Å². The summed E-state index contributed by atoms with van der Waals surface area (Å²) < 4.78 is 6.62. The molecule has 1 fully saturated rings. The van der Waals surface area contributed by atoms with Crippen LogP contribution in [0.1, 0.15) is 25.7 Å². The molecule has 1 aromatic rings. The number of ether oxygens (including phenoxy) is 1. The summed E-state index contributed by atoms with van der Waals surface area (Å²) in [7, 11) is 0. The van der Waals surface area contributed by atoms with Gasteiger partial charge in [0, 0.05) is 16.7 Å². The Kier molecular flexibility index (Phi) is 4.18. The number of nitrogens with zero attached hydrogens (tertiary/aromatic N) is 1. The molecule has 3 nitrogen and oxygen atoms in total.